The van der Waals surface area contributed by atoms with Gasteiger partial charge in [0, 0.05) is 18.2 Å². The zero-order valence-electron chi connectivity index (χ0n) is 10.8. The quantitative estimate of drug-likeness (QED) is 0.671. The highest BCUT2D eigenvalue weighted by Crippen LogP contribution is 2.27. The van der Waals surface area contributed by atoms with E-state index in [1.165, 1.54) is 0 Å². The third-order valence-corrected chi connectivity index (χ3v) is 3.37. The second-order valence-electron chi connectivity index (χ2n) is 4.96. The van der Waals surface area contributed by atoms with Crippen LogP contribution in [0, 0.1) is 0 Å². The van der Waals surface area contributed by atoms with Gasteiger partial charge in [-0.3, -0.25) is 9.59 Å². The van der Waals surface area contributed by atoms with E-state index in [4.69, 9.17) is 11.5 Å². The van der Waals surface area contributed by atoms with E-state index in [1.807, 2.05) is 18.2 Å². The van der Waals surface area contributed by atoms with Crippen LogP contribution in [0.5, 0.6) is 0 Å². The Labute approximate surface area is 112 Å². The van der Waals surface area contributed by atoms with Crippen molar-refractivity contribution in [3.05, 3.63) is 29.3 Å². The van der Waals surface area contributed by atoms with Gasteiger partial charge >= 0.3 is 0 Å². The second-order valence-corrected chi connectivity index (χ2v) is 4.96. The molecule has 0 spiro atoms. The van der Waals surface area contributed by atoms with E-state index < -0.39 is 0 Å². The molecule has 0 aliphatic carbocycles. The Balaban J connectivity index is 1.89. The van der Waals surface area contributed by atoms with Gasteiger partial charge in [-0.1, -0.05) is 18.6 Å². The molecule has 0 fully saturated rings. The number of nitrogens with one attached hydrogen (secondary N) is 1. The first kappa shape index (κ1) is 13.5. The van der Waals surface area contributed by atoms with Crippen molar-refractivity contribution in [2.24, 2.45) is 11.5 Å². The van der Waals surface area contributed by atoms with Gasteiger partial charge < -0.3 is 16.8 Å². The lowest BCUT2D eigenvalue weighted by atomic mass is 9.98. The highest BCUT2D eigenvalue weighted by atomic mass is 16.2. The van der Waals surface area contributed by atoms with Crippen molar-refractivity contribution < 1.29 is 9.59 Å². The monoisotopic (exact) mass is 261 g/mol. The molecule has 5 nitrogen and oxygen atoms in total. The minimum atomic E-state index is -0.268. The number of carbonyl (C=O) groups is 2. The van der Waals surface area contributed by atoms with Crippen LogP contribution in [0.1, 0.15) is 42.9 Å². The fourth-order valence-electron chi connectivity index (χ4n) is 2.31. The second kappa shape index (κ2) is 5.84. The molecule has 1 atom stereocenters. The first-order valence-electron chi connectivity index (χ1n) is 6.53. The lowest BCUT2D eigenvalue weighted by Gasteiger charge is -2.13. The van der Waals surface area contributed by atoms with Crippen molar-refractivity contribution >= 4 is 17.5 Å². The van der Waals surface area contributed by atoms with E-state index in [9.17, 15) is 9.59 Å². The van der Waals surface area contributed by atoms with Crippen LogP contribution in [0.2, 0.25) is 0 Å². The highest BCUT2D eigenvalue weighted by Gasteiger charge is 2.18. The Morgan fingerprint density at radius 1 is 1.37 bits per heavy atom. The maximum atomic E-state index is 11.3. The molecule has 0 saturated carbocycles. The molecule has 2 amide bonds. The number of unbranched alkanes of at least 4 members (excludes halogenated alkanes) is 1. The van der Waals surface area contributed by atoms with Gasteiger partial charge in [-0.25, -0.2) is 0 Å². The van der Waals surface area contributed by atoms with Gasteiger partial charge in [0.1, 0.15) is 0 Å². The third kappa shape index (κ3) is 3.54. The molecule has 5 heteroatoms. The number of fused-ring (bicyclic) bond motifs is 1. The van der Waals surface area contributed by atoms with Crippen molar-refractivity contribution in [1.29, 1.82) is 0 Å². The van der Waals surface area contributed by atoms with Gasteiger partial charge in [-0.15, -0.1) is 0 Å². The lowest BCUT2D eigenvalue weighted by Crippen LogP contribution is -2.12. The number of nitrogens with two attached hydrogens (primary N) is 2. The number of hydrogen-bond acceptors (Lipinski definition) is 3. The fraction of sp³-hybridized carbons (Fsp3) is 0.429. The molecule has 1 heterocycles. The van der Waals surface area contributed by atoms with Crippen LogP contribution in [0.3, 0.4) is 0 Å². The lowest BCUT2D eigenvalue weighted by molar-refractivity contribution is -0.118. The van der Waals surface area contributed by atoms with Crippen molar-refractivity contribution in [1.82, 2.24) is 0 Å². The van der Waals surface area contributed by atoms with Crippen LogP contribution < -0.4 is 16.8 Å². The summed E-state index contributed by atoms with van der Waals surface area (Å²) >= 11 is 0. The van der Waals surface area contributed by atoms with Gasteiger partial charge in [0.25, 0.3) is 0 Å². The van der Waals surface area contributed by atoms with Gasteiger partial charge in [0.2, 0.25) is 11.8 Å². The molecule has 0 saturated heterocycles. The third-order valence-electron chi connectivity index (χ3n) is 3.37. The summed E-state index contributed by atoms with van der Waals surface area (Å²) in [6.07, 6.45) is 3.30. The fourth-order valence-corrected chi connectivity index (χ4v) is 2.31. The molecular weight excluding hydrogens is 242 g/mol. The van der Waals surface area contributed by atoms with E-state index in [0.29, 0.717) is 12.8 Å². The number of benzene rings is 1. The van der Waals surface area contributed by atoms with Crippen molar-refractivity contribution in [3.8, 4) is 0 Å². The number of primary amides is 1. The summed E-state index contributed by atoms with van der Waals surface area (Å²) in [5, 5.41) is 2.80. The maximum absolute atomic E-state index is 11.3. The number of hydrogen-bond donors (Lipinski definition) is 3. The Bertz CT molecular complexity index is 499. The van der Waals surface area contributed by atoms with Crippen LogP contribution in [0.4, 0.5) is 5.69 Å². The smallest absolute Gasteiger partial charge is 0.228 e. The van der Waals surface area contributed by atoms with Crippen LogP contribution in [0.15, 0.2) is 18.2 Å². The van der Waals surface area contributed by atoms with E-state index in [2.05, 4.69) is 5.32 Å². The number of carbonyl (C=O) groups excluding carboxylic acids is 2. The summed E-state index contributed by atoms with van der Waals surface area (Å²) in [5.41, 5.74) is 14.1. The molecule has 0 radical (unpaired) electrons. The van der Waals surface area contributed by atoms with Gasteiger partial charge in [0.15, 0.2) is 0 Å². The minimum absolute atomic E-state index is 0.0298. The molecule has 102 valence electrons. The molecule has 5 N–H and O–H groups in total. The summed E-state index contributed by atoms with van der Waals surface area (Å²) in [6.45, 7) is 0. The van der Waals surface area contributed by atoms with Gasteiger partial charge in [-0.2, -0.15) is 0 Å². The minimum Gasteiger partial charge on any atom is -0.370 e. The number of amides is 2. The zero-order chi connectivity index (χ0) is 13.8. The number of anilines is 1. The normalized spacial score (nSPS) is 14.9. The van der Waals surface area contributed by atoms with Crippen LogP contribution in [0.25, 0.3) is 0 Å². The number of rotatable bonds is 6. The predicted octanol–water partition coefficient (Wildman–Crippen LogP) is 1.23. The van der Waals surface area contributed by atoms with Crippen molar-refractivity contribution in [2.75, 3.05) is 5.32 Å². The molecule has 0 aromatic heterocycles. The van der Waals surface area contributed by atoms with E-state index in [0.717, 1.165) is 36.1 Å². The first-order valence-corrected chi connectivity index (χ1v) is 6.53. The highest BCUT2D eigenvalue weighted by molar-refractivity contribution is 5.99. The van der Waals surface area contributed by atoms with Gasteiger partial charge in [-0.05, 0) is 30.0 Å². The Morgan fingerprint density at radius 3 is 2.89 bits per heavy atom. The van der Waals surface area contributed by atoms with Crippen LogP contribution in [-0.4, -0.2) is 11.8 Å². The standard InChI is InChI=1S/C14H19N3O2/c15-11(3-1-2-4-13(16)18)9-5-6-12-10(7-9)8-14(19)17-12/h5-7,11H,1-4,8,15H2,(H2,16,18)(H,17,19). The average Bonchev–Trinajstić information content (AvgIpc) is 2.73. The molecule has 1 aliphatic rings. The summed E-state index contributed by atoms with van der Waals surface area (Å²) in [7, 11) is 0. The van der Waals surface area contributed by atoms with Crippen LogP contribution in [-0.2, 0) is 16.0 Å². The van der Waals surface area contributed by atoms with Crippen molar-refractivity contribution in [2.45, 2.75) is 38.1 Å². The predicted molar refractivity (Wildman–Crippen MR) is 73.4 cm³/mol. The van der Waals surface area contributed by atoms with E-state index >= 15 is 0 Å². The molecule has 1 unspecified atom stereocenters. The molecule has 2 rings (SSSR count). The first-order chi connectivity index (χ1) is 9.06. The van der Waals surface area contributed by atoms with Crippen molar-refractivity contribution in [3.63, 3.8) is 0 Å². The largest absolute Gasteiger partial charge is 0.370 e. The Morgan fingerprint density at radius 2 is 2.16 bits per heavy atom. The van der Waals surface area contributed by atoms with E-state index in [1.54, 1.807) is 0 Å². The summed E-state index contributed by atoms with van der Waals surface area (Å²) in [4.78, 5) is 21.9. The molecular formula is C14H19N3O2. The molecule has 1 aliphatic heterocycles. The Hall–Kier alpha value is -1.88. The summed E-state index contributed by atoms with van der Waals surface area (Å²) in [6, 6.07) is 5.78. The molecule has 0 bridgehead atoms. The molecule has 1 aromatic rings. The van der Waals surface area contributed by atoms with E-state index in [-0.39, 0.29) is 17.9 Å². The maximum Gasteiger partial charge on any atom is 0.228 e. The molecule has 19 heavy (non-hydrogen) atoms. The summed E-state index contributed by atoms with van der Waals surface area (Å²) in [5.74, 6) is -0.238. The van der Waals surface area contributed by atoms with Crippen LogP contribution >= 0.6 is 0 Å². The SMILES string of the molecule is NC(=O)CCCCC(N)c1ccc2c(c1)CC(=O)N2. The topological polar surface area (TPSA) is 98.2 Å². The average molecular weight is 261 g/mol. The Kier molecular flexibility index (Phi) is 4.16. The van der Waals surface area contributed by atoms with Gasteiger partial charge in [0.05, 0.1) is 6.42 Å². The summed E-state index contributed by atoms with van der Waals surface area (Å²) < 4.78 is 0. The molecule has 1 aromatic carbocycles. The zero-order valence-corrected chi connectivity index (χ0v) is 10.8.